The highest BCUT2D eigenvalue weighted by atomic mass is 16.5. The Kier molecular flexibility index (Phi) is 7.07. The second-order valence-corrected chi connectivity index (χ2v) is 7.60. The van der Waals surface area contributed by atoms with Crippen LogP contribution in [0.3, 0.4) is 0 Å². The van der Waals surface area contributed by atoms with E-state index in [1.807, 2.05) is 54.6 Å². The van der Waals surface area contributed by atoms with Crippen molar-refractivity contribution < 1.29 is 23.5 Å². The van der Waals surface area contributed by atoms with Crippen molar-refractivity contribution in [1.82, 2.24) is 0 Å². The van der Waals surface area contributed by atoms with E-state index in [0.29, 0.717) is 17.0 Å². The van der Waals surface area contributed by atoms with Crippen LogP contribution >= 0.6 is 0 Å². The van der Waals surface area contributed by atoms with E-state index >= 15 is 0 Å². The average Bonchev–Trinajstić information content (AvgIpc) is 3.32. The molecule has 7 nitrogen and oxygen atoms in total. The van der Waals surface area contributed by atoms with E-state index in [9.17, 15) is 9.59 Å². The van der Waals surface area contributed by atoms with E-state index < -0.39 is 18.5 Å². The Hall–Kier alpha value is -3.74. The number of rotatable bonds is 8. The second kappa shape index (κ2) is 10.5. The first kappa shape index (κ1) is 21.5. The Bertz CT molecular complexity index is 1020. The molecule has 7 heteroatoms. The molecule has 1 amide bonds. The Labute approximate surface area is 186 Å². The molecule has 2 heterocycles. The molecule has 1 N–H and O–H groups in total. The molecular formula is C25H26N2O5. The van der Waals surface area contributed by atoms with Crippen molar-refractivity contribution in [1.29, 1.82) is 0 Å². The van der Waals surface area contributed by atoms with E-state index in [1.54, 1.807) is 6.07 Å². The highest BCUT2D eigenvalue weighted by Crippen LogP contribution is 2.22. The van der Waals surface area contributed by atoms with Gasteiger partial charge in [0, 0.05) is 30.0 Å². The Balaban J connectivity index is 1.25. The number of carbonyl (C=O) groups excluding carboxylic acids is 2. The molecule has 1 aromatic heterocycles. The Morgan fingerprint density at radius 3 is 2.44 bits per heavy atom. The summed E-state index contributed by atoms with van der Waals surface area (Å²) in [5.74, 6) is -0.423. The summed E-state index contributed by atoms with van der Waals surface area (Å²) >= 11 is 0. The molecule has 1 aliphatic rings. The molecule has 4 rings (SSSR count). The van der Waals surface area contributed by atoms with Crippen LogP contribution in [0.2, 0.25) is 0 Å². The maximum atomic E-state index is 12.4. The number of hydrogen-bond donors (Lipinski definition) is 1. The topological polar surface area (TPSA) is 81.0 Å². The number of amides is 1. The first-order chi connectivity index (χ1) is 15.7. The van der Waals surface area contributed by atoms with Crippen LogP contribution < -0.4 is 15.0 Å². The molecule has 0 radical (unpaired) electrons. The van der Waals surface area contributed by atoms with Gasteiger partial charge in [0.15, 0.2) is 6.61 Å². The van der Waals surface area contributed by atoms with Crippen LogP contribution in [0.4, 0.5) is 11.4 Å². The summed E-state index contributed by atoms with van der Waals surface area (Å²) in [5.41, 5.74) is 2.35. The number of piperidine rings is 1. The smallest absolute Gasteiger partial charge is 0.375 e. The van der Waals surface area contributed by atoms with Crippen LogP contribution in [0.1, 0.15) is 35.4 Å². The van der Waals surface area contributed by atoms with Crippen LogP contribution in [0.15, 0.2) is 71.3 Å². The fraction of sp³-hybridized carbons (Fsp3) is 0.280. The Morgan fingerprint density at radius 1 is 0.938 bits per heavy atom. The van der Waals surface area contributed by atoms with Gasteiger partial charge in [0.25, 0.3) is 5.91 Å². The van der Waals surface area contributed by atoms with Crippen molar-refractivity contribution in [2.75, 3.05) is 29.9 Å². The summed E-state index contributed by atoms with van der Waals surface area (Å²) in [6.07, 6.45) is 5.09. The molecule has 0 aliphatic carbocycles. The van der Waals surface area contributed by atoms with Gasteiger partial charge in [-0.1, -0.05) is 18.2 Å². The third-order valence-electron chi connectivity index (χ3n) is 5.28. The number of furan rings is 1. The van der Waals surface area contributed by atoms with Gasteiger partial charge in [0.2, 0.25) is 5.76 Å². The molecule has 0 spiro atoms. The standard InChI is InChI=1S/C25H26N2O5/c28-23(26-20-9-11-21(12-10-20)27-14-5-2-6-15-27)18-32-25(29)24-19(13-16-30-24)17-31-22-7-3-1-4-8-22/h1,3-4,7-13,16H,2,5-6,14-15,17-18H2,(H,26,28). The fourth-order valence-electron chi connectivity index (χ4n) is 3.61. The molecule has 3 aromatic rings. The number of para-hydroxylation sites is 1. The van der Waals surface area contributed by atoms with Crippen molar-refractivity contribution in [2.45, 2.75) is 25.9 Å². The van der Waals surface area contributed by atoms with Gasteiger partial charge < -0.3 is 24.1 Å². The van der Waals surface area contributed by atoms with Gasteiger partial charge in [-0.3, -0.25) is 4.79 Å². The zero-order chi connectivity index (χ0) is 22.2. The molecule has 32 heavy (non-hydrogen) atoms. The SMILES string of the molecule is O=C(COC(=O)c1occc1COc1ccccc1)Nc1ccc(N2CCCCC2)cc1. The fourth-order valence-corrected chi connectivity index (χ4v) is 3.61. The zero-order valence-corrected chi connectivity index (χ0v) is 17.8. The molecule has 2 aromatic carbocycles. The monoisotopic (exact) mass is 434 g/mol. The predicted molar refractivity (Wildman–Crippen MR) is 121 cm³/mol. The van der Waals surface area contributed by atoms with Crippen molar-refractivity contribution in [2.24, 2.45) is 0 Å². The summed E-state index contributed by atoms with van der Waals surface area (Å²) in [6, 6.07) is 18.6. The number of hydrogen-bond acceptors (Lipinski definition) is 6. The van der Waals surface area contributed by atoms with Crippen molar-refractivity contribution in [3.63, 3.8) is 0 Å². The zero-order valence-electron chi connectivity index (χ0n) is 17.8. The van der Waals surface area contributed by atoms with E-state index in [2.05, 4.69) is 10.2 Å². The van der Waals surface area contributed by atoms with Crippen LogP contribution in [0, 0.1) is 0 Å². The number of ether oxygens (including phenoxy) is 2. The first-order valence-corrected chi connectivity index (χ1v) is 10.8. The number of benzene rings is 2. The van der Waals surface area contributed by atoms with Crippen LogP contribution in [-0.4, -0.2) is 31.6 Å². The minimum atomic E-state index is -0.711. The number of anilines is 2. The number of nitrogens with one attached hydrogen (secondary N) is 1. The normalized spacial score (nSPS) is 13.4. The van der Waals surface area contributed by atoms with Gasteiger partial charge in [0.05, 0.1) is 6.26 Å². The number of esters is 1. The molecule has 166 valence electrons. The minimum Gasteiger partial charge on any atom is -0.489 e. The lowest BCUT2D eigenvalue weighted by atomic mass is 10.1. The molecule has 0 unspecified atom stereocenters. The van der Waals surface area contributed by atoms with E-state index in [0.717, 1.165) is 18.8 Å². The van der Waals surface area contributed by atoms with E-state index in [1.165, 1.54) is 25.5 Å². The van der Waals surface area contributed by atoms with Gasteiger partial charge in [-0.05, 0) is 61.7 Å². The lowest BCUT2D eigenvalue weighted by molar-refractivity contribution is -0.119. The minimum absolute atomic E-state index is 0.0274. The molecule has 1 saturated heterocycles. The maximum Gasteiger partial charge on any atom is 0.375 e. The van der Waals surface area contributed by atoms with Crippen LogP contribution in [-0.2, 0) is 16.1 Å². The molecular weight excluding hydrogens is 408 g/mol. The van der Waals surface area contributed by atoms with Gasteiger partial charge in [-0.2, -0.15) is 0 Å². The first-order valence-electron chi connectivity index (χ1n) is 10.8. The highest BCUT2D eigenvalue weighted by Gasteiger charge is 2.19. The summed E-state index contributed by atoms with van der Waals surface area (Å²) in [4.78, 5) is 26.9. The van der Waals surface area contributed by atoms with Gasteiger partial charge in [0.1, 0.15) is 12.4 Å². The van der Waals surface area contributed by atoms with Crippen LogP contribution in [0.5, 0.6) is 5.75 Å². The summed E-state index contributed by atoms with van der Waals surface area (Å²) in [6.45, 7) is 1.87. The van der Waals surface area contributed by atoms with E-state index in [4.69, 9.17) is 13.9 Å². The van der Waals surface area contributed by atoms with Gasteiger partial charge in [-0.25, -0.2) is 4.79 Å². The molecule has 1 fully saturated rings. The third kappa shape index (κ3) is 5.69. The lowest BCUT2D eigenvalue weighted by Gasteiger charge is -2.28. The van der Waals surface area contributed by atoms with E-state index in [-0.39, 0.29) is 12.4 Å². The number of nitrogens with zero attached hydrogens (tertiary/aromatic N) is 1. The molecule has 1 aliphatic heterocycles. The Morgan fingerprint density at radius 2 is 1.69 bits per heavy atom. The quantitative estimate of drug-likeness (QED) is 0.520. The summed E-state index contributed by atoms with van der Waals surface area (Å²) < 4.78 is 16.0. The summed E-state index contributed by atoms with van der Waals surface area (Å²) in [7, 11) is 0. The van der Waals surface area contributed by atoms with Gasteiger partial charge >= 0.3 is 5.97 Å². The average molecular weight is 434 g/mol. The largest absolute Gasteiger partial charge is 0.489 e. The second-order valence-electron chi connectivity index (χ2n) is 7.60. The van der Waals surface area contributed by atoms with Crippen molar-refractivity contribution in [3.05, 3.63) is 78.3 Å². The third-order valence-corrected chi connectivity index (χ3v) is 5.28. The molecule has 0 saturated carbocycles. The van der Waals surface area contributed by atoms with Gasteiger partial charge in [-0.15, -0.1) is 0 Å². The molecule has 0 bridgehead atoms. The maximum absolute atomic E-state index is 12.4. The molecule has 0 atom stereocenters. The number of carbonyl (C=O) groups is 2. The lowest BCUT2D eigenvalue weighted by Crippen LogP contribution is -2.29. The summed E-state index contributed by atoms with van der Waals surface area (Å²) in [5, 5.41) is 2.74. The predicted octanol–water partition coefficient (Wildman–Crippen LogP) is 4.64. The van der Waals surface area contributed by atoms with Crippen molar-refractivity contribution in [3.8, 4) is 5.75 Å². The van der Waals surface area contributed by atoms with Crippen molar-refractivity contribution >= 4 is 23.3 Å². The highest BCUT2D eigenvalue weighted by molar-refractivity contribution is 5.95. The van der Waals surface area contributed by atoms with Crippen LogP contribution in [0.25, 0.3) is 0 Å².